The minimum atomic E-state index is 0.538. The Kier molecular flexibility index (Phi) is 6.09. The van der Waals surface area contributed by atoms with Gasteiger partial charge in [-0.15, -0.1) is 0 Å². The summed E-state index contributed by atoms with van der Waals surface area (Å²) >= 11 is 0. The van der Waals surface area contributed by atoms with Crippen LogP contribution in [0, 0.1) is 5.92 Å². The molecule has 0 spiro atoms. The van der Waals surface area contributed by atoms with Crippen LogP contribution < -0.4 is 0 Å². The van der Waals surface area contributed by atoms with E-state index in [4.69, 9.17) is 0 Å². The Morgan fingerprint density at radius 1 is 1.24 bits per heavy atom. The molecule has 0 bridgehead atoms. The Bertz CT molecular complexity index is 398. The van der Waals surface area contributed by atoms with E-state index in [1.165, 1.54) is 11.1 Å². The Morgan fingerprint density at radius 3 is 2.76 bits per heavy atom. The molecule has 0 saturated carbocycles. The highest BCUT2D eigenvalue weighted by Gasteiger charge is 1.99. The highest BCUT2D eigenvalue weighted by molar-refractivity contribution is 5.35. The molecular weight excluding hydrogens is 204 g/mol. The molecule has 90 valence electrons. The third kappa shape index (κ3) is 5.35. The molecule has 0 fully saturated rings. The monoisotopic (exact) mass is 226 g/mol. The minimum Gasteiger partial charge on any atom is -0.0877 e. The molecule has 0 heteroatoms. The van der Waals surface area contributed by atoms with Gasteiger partial charge in [0.05, 0.1) is 0 Å². The molecule has 0 aromatic carbocycles. The van der Waals surface area contributed by atoms with Gasteiger partial charge in [0.2, 0.25) is 0 Å². The molecule has 0 radical (unpaired) electrons. The topological polar surface area (TPSA) is 0 Å². The molecule has 0 heterocycles. The Balaban J connectivity index is 2.67. The summed E-state index contributed by atoms with van der Waals surface area (Å²) in [7, 11) is 0. The summed E-state index contributed by atoms with van der Waals surface area (Å²) in [6, 6.07) is 0. The number of rotatable bonds is 4. The lowest BCUT2D eigenvalue weighted by molar-refractivity contribution is 0.941. The summed E-state index contributed by atoms with van der Waals surface area (Å²) in [4.78, 5) is 0. The highest BCUT2D eigenvalue weighted by Crippen LogP contribution is 2.17. The molecule has 0 nitrogen and oxygen atoms in total. The largest absolute Gasteiger partial charge is 0.0877 e. The first-order valence-electron chi connectivity index (χ1n) is 6.26. The molecule has 0 amide bonds. The van der Waals surface area contributed by atoms with Crippen molar-refractivity contribution in [3.05, 3.63) is 71.9 Å². The van der Waals surface area contributed by atoms with Crippen LogP contribution in [-0.4, -0.2) is 0 Å². The van der Waals surface area contributed by atoms with Crippen LogP contribution in [0.5, 0.6) is 0 Å². The van der Waals surface area contributed by atoms with Gasteiger partial charge in [-0.05, 0) is 37.3 Å². The molecule has 0 saturated heterocycles. The first-order chi connectivity index (χ1) is 8.26. The van der Waals surface area contributed by atoms with E-state index in [1.54, 1.807) is 0 Å². The van der Waals surface area contributed by atoms with E-state index in [0.717, 1.165) is 6.42 Å². The lowest BCUT2D eigenvalue weighted by Gasteiger charge is -2.02. The van der Waals surface area contributed by atoms with Crippen molar-refractivity contribution in [2.24, 2.45) is 5.92 Å². The summed E-state index contributed by atoms with van der Waals surface area (Å²) in [5.41, 5.74) is 2.71. The summed E-state index contributed by atoms with van der Waals surface area (Å²) in [5, 5.41) is 0. The third-order valence-electron chi connectivity index (χ3n) is 2.73. The maximum Gasteiger partial charge on any atom is -0.00292 e. The zero-order chi connectivity index (χ0) is 12.5. The van der Waals surface area contributed by atoms with Crippen molar-refractivity contribution >= 4 is 0 Å². The molecule has 1 aliphatic rings. The molecule has 1 unspecified atom stereocenters. The second-order valence-corrected chi connectivity index (χ2v) is 4.27. The fraction of sp³-hybridized carbons (Fsp3) is 0.294. The Labute approximate surface area is 105 Å². The molecule has 0 N–H and O–H groups in total. The van der Waals surface area contributed by atoms with Crippen molar-refractivity contribution in [1.82, 2.24) is 0 Å². The first-order valence-corrected chi connectivity index (χ1v) is 6.26. The smallest absolute Gasteiger partial charge is 0.00292 e. The fourth-order valence-electron chi connectivity index (χ4n) is 1.65. The minimum absolute atomic E-state index is 0.538. The average Bonchev–Trinajstić information content (AvgIpc) is 2.53. The van der Waals surface area contributed by atoms with Gasteiger partial charge < -0.3 is 0 Å². The van der Waals surface area contributed by atoms with Crippen LogP contribution in [0.3, 0.4) is 0 Å². The Hall–Kier alpha value is -1.56. The van der Waals surface area contributed by atoms with E-state index in [-0.39, 0.29) is 0 Å². The van der Waals surface area contributed by atoms with Gasteiger partial charge in [0.1, 0.15) is 0 Å². The van der Waals surface area contributed by atoms with Crippen molar-refractivity contribution in [2.75, 3.05) is 0 Å². The summed E-state index contributed by atoms with van der Waals surface area (Å²) in [6.07, 6.45) is 22.6. The van der Waals surface area contributed by atoms with Crippen LogP contribution >= 0.6 is 0 Å². The van der Waals surface area contributed by atoms with Crippen molar-refractivity contribution in [3.63, 3.8) is 0 Å². The van der Waals surface area contributed by atoms with Gasteiger partial charge in [-0.25, -0.2) is 0 Å². The number of hydrogen-bond acceptors (Lipinski definition) is 0. The summed E-state index contributed by atoms with van der Waals surface area (Å²) < 4.78 is 0. The quantitative estimate of drug-likeness (QED) is 0.582. The highest BCUT2D eigenvalue weighted by atomic mass is 14.0. The Morgan fingerprint density at radius 2 is 2.06 bits per heavy atom. The lowest BCUT2D eigenvalue weighted by atomic mass is 10.0. The zero-order valence-corrected chi connectivity index (χ0v) is 11.1. The van der Waals surface area contributed by atoms with E-state index >= 15 is 0 Å². The molecule has 1 rings (SSSR count). The van der Waals surface area contributed by atoms with Gasteiger partial charge >= 0.3 is 0 Å². The van der Waals surface area contributed by atoms with E-state index in [0.29, 0.717) is 5.92 Å². The standard InChI is InChI=1S/C17H22/c1-4-6-7-10-16(5-2)14-17-11-8-9-15(3)12-13-17/h4-13,15H,14H2,1-3H3/b6-4-,10-7-,16-5+. The second-order valence-electron chi connectivity index (χ2n) is 4.27. The van der Waals surface area contributed by atoms with Gasteiger partial charge in [-0.2, -0.15) is 0 Å². The van der Waals surface area contributed by atoms with Crippen LogP contribution in [0.4, 0.5) is 0 Å². The van der Waals surface area contributed by atoms with Crippen molar-refractivity contribution in [2.45, 2.75) is 27.2 Å². The van der Waals surface area contributed by atoms with Gasteiger partial charge in [0.15, 0.2) is 0 Å². The lowest BCUT2D eigenvalue weighted by Crippen LogP contribution is -1.83. The first kappa shape index (κ1) is 13.5. The number of allylic oxidation sites excluding steroid dienone is 12. The van der Waals surface area contributed by atoms with E-state index in [9.17, 15) is 0 Å². The molecule has 1 aliphatic carbocycles. The molecule has 1 atom stereocenters. The van der Waals surface area contributed by atoms with Crippen molar-refractivity contribution in [1.29, 1.82) is 0 Å². The summed E-state index contributed by atoms with van der Waals surface area (Å²) in [6.45, 7) is 6.32. The maximum atomic E-state index is 2.25. The van der Waals surface area contributed by atoms with Gasteiger partial charge in [-0.1, -0.05) is 67.7 Å². The van der Waals surface area contributed by atoms with Crippen molar-refractivity contribution in [3.8, 4) is 0 Å². The van der Waals surface area contributed by atoms with Gasteiger partial charge in [-0.3, -0.25) is 0 Å². The van der Waals surface area contributed by atoms with Crippen LogP contribution in [0.15, 0.2) is 71.9 Å². The predicted octanol–water partition coefficient (Wildman–Crippen LogP) is 5.14. The van der Waals surface area contributed by atoms with Gasteiger partial charge in [0.25, 0.3) is 0 Å². The zero-order valence-electron chi connectivity index (χ0n) is 11.1. The van der Waals surface area contributed by atoms with Crippen LogP contribution in [-0.2, 0) is 0 Å². The third-order valence-corrected chi connectivity index (χ3v) is 2.73. The number of hydrogen-bond donors (Lipinski definition) is 0. The van der Waals surface area contributed by atoms with Gasteiger partial charge in [0, 0.05) is 0 Å². The fourth-order valence-corrected chi connectivity index (χ4v) is 1.65. The van der Waals surface area contributed by atoms with E-state index in [2.05, 4.69) is 68.5 Å². The normalized spacial score (nSPS) is 21.2. The predicted molar refractivity (Wildman–Crippen MR) is 77.9 cm³/mol. The molecule has 17 heavy (non-hydrogen) atoms. The molecule has 0 aliphatic heterocycles. The SMILES string of the molecule is C\C=C/C=C\C(=C/C)CC1=CC=CC(C)C=C1. The maximum absolute atomic E-state index is 2.25. The summed E-state index contributed by atoms with van der Waals surface area (Å²) in [5.74, 6) is 0.538. The van der Waals surface area contributed by atoms with Crippen LogP contribution in [0.25, 0.3) is 0 Å². The molecular formula is C17H22. The molecule has 0 aromatic rings. The van der Waals surface area contributed by atoms with E-state index < -0.39 is 0 Å². The molecule has 0 aromatic heterocycles. The van der Waals surface area contributed by atoms with E-state index in [1.807, 2.05) is 13.0 Å². The average molecular weight is 226 g/mol. The second kappa shape index (κ2) is 7.67. The van der Waals surface area contributed by atoms with Crippen LogP contribution in [0.1, 0.15) is 27.2 Å². The van der Waals surface area contributed by atoms with Crippen molar-refractivity contribution < 1.29 is 0 Å². The van der Waals surface area contributed by atoms with Crippen LogP contribution in [0.2, 0.25) is 0 Å².